The molecular weight excluding hydrogens is 420 g/mol. The van der Waals surface area contributed by atoms with Crippen LogP contribution in [0.2, 0.25) is 0 Å². The molecule has 158 valence electrons. The fourth-order valence-corrected chi connectivity index (χ4v) is 2.87. The minimum Gasteiger partial charge on any atom is -0.406 e. The molecular formula is C19H12F4N6O2. The topological polar surface area (TPSA) is 94.3 Å². The Morgan fingerprint density at radius 1 is 1.10 bits per heavy atom. The molecule has 3 heterocycles. The van der Waals surface area contributed by atoms with Crippen molar-refractivity contribution in [1.82, 2.24) is 30.3 Å². The third-order valence-corrected chi connectivity index (χ3v) is 4.24. The number of tetrazole rings is 1. The lowest BCUT2D eigenvalue weighted by Crippen LogP contribution is -2.30. The monoisotopic (exact) mass is 432 g/mol. The number of carbonyl (C=O) groups excluding carboxylic acids is 1. The van der Waals surface area contributed by atoms with Gasteiger partial charge >= 0.3 is 6.36 Å². The fourth-order valence-electron chi connectivity index (χ4n) is 2.87. The van der Waals surface area contributed by atoms with Gasteiger partial charge in [-0.25, -0.2) is 4.39 Å². The van der Waals surface area contributed by atoms with Crippen molar-refractivity contribution in [1.29, 1.82) is 0 Å². The molecule has 4 aromatic rings. The third-order valence-electron chi connectivity index (χ3n) is 4.24. The van der Waals surface area contributed by atoms with Crippen LogP contribution in [0.5, 0.6) is 5.75 Å². The van der Waals surface area contributed by atoms with Crippen molar-refractivity contribution in [3.05, 3.63) is 83.6 Å². The number of fused-ring (bicyclic) bond motifs is 1. The predicted octanol–water partition coefficient (Wildman–Crippen LogP) is 3.08. The van der Waals surface area contributed by atoms with Crippen LogP contribution in [0.3, 0.4) is 0 Å². The van der Waals surface area contributed by atoms with E-state index in [0.717, 1.165) is 18.2 Å². The van der Waals surface area contributed by atoms with E-state index < -0.39 is 29.9 Å². The summed E-state index contributed by atoms with van der Waals surface area (Å²) in [4.78, 5) is 16.8. The molecule has 0 radical (unpaired) electrons. The van der Waals surface area contributed by atoms with E-state index in [1.54, 1.807) is 0 Å². The molecule has 8 nitrogen and oxygen atoms in total. The van der Waals surface area contributed by atoms with E-state index in [1.807, 2.05) is 0 Å². The van der Waals surface area contributed by atoms with E-state index in [-0.39, 0.29) is 11.3 Å². The van der Waals surface area contributed by atoms with E-state index in [1.165, 1.54) is 47.2 Å². The van der Waals surface area contributed by atoms with Gasteiger partial charge in [0, 0.05) is 12.4 Å². The minimum atomic E-state index is -4.85. The predicted molar refractivity (Wildman–Crippen MR) is 97.4 cm³/mol. The normalized spacial score (nSPS) is 12.5. The Kier molecular flexibility index (Phi) is 5.19. The summed E-state index contributed by atoms with van der Waals surface area (Å²) < 4.78 is 56.8. The maximum atomic E-state index is 14.4. The number of nitrogens with zero attached hydrogens (tertiary/aromatic N) is 5. The van der Waals surface area contributed by atoms with E-state index in [2.05, 4.69) is 30.6 Å². The summed E-state index contributed by atoms with van der Waals surface area (Å²) in [6, 6.07) is 9.15. The standard InChI is InChI=1S/C19H12F4N6O2/c20-14-2-1-9-24-17(14)16(11-3-6-13(7-4-11)31-19(21,22)23)25-18(30)12-5-8-15-26-27-28-29(15)10-12/h1-10,16H,(H,25,30)/t16-/m0/s1. The number of alkyl halides is 3. The Labute approximate surface area is 171 Å². The lowest BCUT2D eigenvalue weighted by molar-refractivity contribution is -0.274. The van der Waals surface area contributed by atoms with Crippen molar-refractivity contribution in [2.24, 2.45) is 0 Å². The van der Waals surface area contributed by atoms with Crippen LogP contribution >= 0.6 is 0 Å². The number of hydrogen-bond donors (Lipinski definition) is 1. The molecule has 0 spiro atoms. The zero-order chi connectivity index (χ0) is 22.0. The number of nitrogens with one attached hydrogen (secondary N) is 1. The molecule has 1 aromatic carbocycles. The first-order valence-electron chi connectivity index (χ1n) is 8.75. The summed E-state index contributed by atoms with van der Waals surface area (Å²) in [5.41, 5.74) is 0.787. The third kappa shape index (κ3) is 4.57. The molecule has 0 saturated carbocycles. The second-order valence-electron chi connectivity index (χ2n) is 6.29. The van der Waals surface area contributed by atoms with Gasteiger partial charge in [-0.1, -0.05) is 12.1 Å². The Morgan fingerprint density at radius 3 is 2.58 bits per heavy atom. The van der Waals surface area contributed by atoms with E-state index >= 15 is 0 Å². The lowest BCUT2D eigenvalue weighted by Gasteiger charge is -2.20. The lowest BCUT2D eigenvalue weighted by atomic mass is 10.0. The van der Waals surface area contributed by atoms with Gasteiger partial charge in [-0.05, 0) is 52.4 Å². The number of benzene rings is 1. The van der Waals surface area contributed by atoms with E-state index in [9.17, 15) is 22.4 Å². The van der Waals surface area contributed by atoms with E-state index in [0.29, 0.717) is 11.2 Å². The molecule has 0 unspecified atom stereocenters. The molecule has 3 aromatic heterocycles. The van der Waals surface area contributed by atoms with Gasteiger partial charge in [0.25, 0.3) is 5.91 Å². The minimum absolute atomic E-state index is 0.108. The maximum Gasteiger partial charge on any atom is 0.573 e. The number of halogens is 4. The molecule has 1 N–H and O–H groups in total. The van der Waals surface area contributed by atoms with Crippen molar-refractivity contribution in [3.8, 4) is 5.75 Å². The Morgan fingerprint density at radius 2 is 1.87 bits per heavy atom. The number of aromatic nitrogens is 5. The van der Waals surface area contributed by atoms with Gasteiger partial charge < -0.3 is 10.1 Å². The molecule has 0 fully saturated rings. The highest BCUT2D eigenvalue weighted by Crippen LogP contribution is 2.27. The zero-order valence-electron chi connectivity index (χ0n) is 15.4. The number of ether oxygens (including phenoxy) is 1. The molecule has 1 atom stereocenters. The average molecular weight is 432 g/mol. The molecule has 0 aliphatic rings. The first-order chi connectivity index (χ1) is 14.8. The molecule has 0 bridgehead atoms. The number of amides is 1. The molecule has 0 aliphatic heterocycles. The largest absolute Gasteiger partial charge is 0.573 e. The highest BCUT2D eigenvalue weighted by Gasteiger charge is 2.31. The number of pyridine rings is 2. The molecule has 0 aliphatic carbocycles. The number of hydrogen-bond acceptors (Lipinski definition) is 6. The Balaban J connectivity index is 1.66. The average Bonchev–Trinajstić information content (AvgIpc) is 3.20. The maximum absolute atomic E-state index is 14.4. The second-order valence-corrected chi connectivity index (χ2v) is 6.29. The van der Waals surface area contributed by atoms with Crippen molar-refractivity contribution >= 4 is 11.6 Å². The molecule has 4 rings (SSSR count). The Bertz CT molecular complexity index is 1230. The van der Waals surface area contributed by atoms with E-state index in [4.69, 9.17) is 0 Å². The summed E-state index contributed by atoms with van der Waals surface area (Å²) in [7, 11) is 0. The second kappa shape index (κ2) is 7.97. The highest BCUT2D eigenvalue weighted by atomic mass is 19.4. The summed E-state index contributed by atoms with van der Waals surface area (Å²) in [5.74, 6) is -1.74. The first kappa shape index (κ1) is 20.2. The van der Waals surface area contributed by atoms with Crippen LogP contribution in [-0.2, 0) is 0 Å². The molecule has 1 amide bonds. The zero-order valence-corrected chi connectivity index (χ0v) is 15.4. The SMILES string of the molecule is O=C(N[C@@H](c1ccc(OC(F)(F)F)cc1)c1ncccc1F)c1ccc2nnnn2c1. The quantitative estimate of drug-likeness (QED) is 0.487. The summed E-state index contributed by atoms with van der Waals surface area (Å²) in [5, 5.41) is 13.6. The summed E-state index contributed by atoms with van der Waals surface area (Å²) >= 11 is 0. The smallest absolute Gasteiger partial charge is 0.406 e. The van der Waals surface area contributed by atoms with Gasteiger partial charge in [0.15, 0.2) is 5.65 Å². The van der Waals surface area contributed by atoms with Crippen LogP contribution in [0.1, 0.15) is 27.7 Å². The van der Waals surface area contributed by atoms with Gasteiger partial charge in [-0.15, -0.1) is 18.3 Å². The van der Waals surface area contributed by atoms with Gasteiger partial charge in [0.1, 0.15) is 17.3 Å². The van der Waals surface area contributed by atoms with Crippen LogP contribution in [0.4, 0.5) is 17.6 Å². The first-order valence-corrected chi connectivity index (χ1v) is 8.75. The highest BCUT2D eigenvalue weighted by molar-refractivity contribution is 5.94. The van der Waals surface area contributed by atoms with Gasteiger partial charge in [0.2, 0.25) is 0 Å². The fraction of sp³-hybridized carbons (Fsp3) is 0.105. The summed E-state index contributed by atoms with van der Waals surface area (Å²) in [6.45, 7) is 0. The van der Waals surface area contributed by atoms with Crippen LogP contribution in [0, 0.1) is 5.82 Å². The van der Waals surface area contributed by atoms with Gasteiger partial charge in [-0.3, -0.25) is 9.78 Å². The van der Waals surface area contributed by atoms with Crippen LogP contribution in [0.15, 0.2) is 60.9 Å². The van der Waals surface area contributed by atoms with Crippen molar-refractivity contribution in [3.63, 3.8) is 0 Å². The van der Waals surface area contributed by atoms with Gasteiger partial charge in [-0.2, -0.15) is 4.52 Å². The van der Waals surface area contributed by atoms with Crippen LogP contribution in [0.25, 0.3) is 5.65 Å². The van der Waals surface area contributed by atoms with Crippen LogP contribution in [-0.4, -0.2) is 37.3 Å². The van der Waals surface area contributed by atoms with Gasteiger partial charge in [0.05, 0.1) is 11.6 Å². The van der Waals surface area contributed by atoms with Crippen LogP contribution < -0.4 is 10.1 Å². The van der Waals surface area contributed by atoms with Crippen molar-refractivity contribution in [2.75, 3.05) is 0 Å². The Hall–Kier alpha value is -4.09. The number of carbonyl (C=O) groups is 1. The summed E-state index contributed by atoms with van der Waals surface area (Å²) in [6.07, 6.45) is -2.13. The van der Waals surface area contributed by atoms with Crippen molar-refractivity contribution in [2.45, 2.75) is 12.4 Å². The molecule has 12 heteroatoms. The molecule has 0 saturated heterocycles. The van der Waals surface area contributed by atoms with Crippen molar-refractivity contribution < 1.29 is 27.1 Å². The number of rotatable bonds is 5. The molecule has 31 heavy (non-hydrogen) atoms.